The Hall–Kier alpha value is -2.04. The van der Waals surface area contributed by atoms with Crippen LogP contribution in [0.4, 0.5) is 0 Å². The second-order valence-corrected chi connectivity index (χ2v) is 4.39. The number of hydrogen-bond acceptors (Lipinski definition) is 5. The van der Waals surface area contributed by atoms with Gasteiger partial charge in [-0.1, -0.05) is 13.3 Å². The van der Waals surface area contributed by atoms with Gasteiger partial charge in [0.05, 0.1) is 12.2 Å². The van der Waals surface area contributed by atoms with Crippen molar-refractivity contribution in [3.63, 3.8) is 0 Å². The lowest BCUT2D eigenvalue weighted by Gasteiger charge is -2.14. The van der Waals surface area contributed by atoms with Crippen molar-refractivity contribution in [3.8, 4) is 11.5 Å². The third kappa shape index (κ3) is 3.98. The van der Waals surface area contributed by atoms with Gasteiger partial charge in [-0.3, -0.25) is 10.2 Å². The fourth-order valence-corrected chi connectivity index (χ4v) is 1.89. The summed E-state index contributed by atoms with van der Waals surface area (Å²) in [6.45, 7) is 5.61. The molecule has 1 aromatic rings. The maximum Gasteiger partial charge on any atom is 0.219 e. The summed E-state index contributed by atoms with van der Waals surface area (Å²) in [4.78, 5) is 11.4. The zero-order valence-electron chi connectivity index (χ0n) is 12.2. The lowest BCUT2D eigenvalue weighted by atomic mass is 10.0. The van der Waals surface area contributed by atoms with Gasteiger partial charge in [0, 0.05) is 5.56 Å². The van der Waals surface area contributed by atoms with E-state index in [2.05, 4.69) is 0 Å². The summed E-state index contributed by atoms with van der Waals surface area (Å²) >= 11 is 0. The zero-order chi connectivity index (χ0) is 15.1. The molecule has 0 aromatic heterocycles. The monoisotopic (exact) mass is 279 g/mol. The SMILES string of the molecule is CCCc1c(OCC(=N)OCC)ccc(C(C)=O)c1O. The Morgan fingerprint density at radius 1 is 1.35 bits per heavy atom. The summed E-state index contributed by atoms with van der Waals surface area (Å²) in [5.74, 6) is 0.303. The van der Waals surface area contributed by atoms with Crippen molar-refractivity contribution in [1.82, 2.24) is 0 Å². The van der Waals surface area contributed by atoms with Crippen LogP contribution in [-0.2, 0) is 11.2 Å². The van der Waals surface area contributed by atoms with E-state index in [1.165, 1.54) is 13.0 Å². The lowest BCUT2D eigenvalue weighted by molar-refractivity contribution is 0.101. The molecule has 5 heteroatoms. The van der Waals surface area contributed by atoms with Crippen molar-refractivity contribution in [2.24, 2.45) is 0 Å². The Bertz CT molecular complexity index is 497. The molecule has 0 bridgehead atoms. The van der Waals surface area contributed by atoms with Crippen molar-refractivity contribution in [1.29, 1.82) is 5.41 Å². The van der Waals surface area contributed by atoms with Gasteiger partial charge in [-0.25, -0.2) is 0 Å². The van der Waals surface area contributed by atoms with Crippen LogP contribution in [0.25, 0.3) is 0 Å². The molecule has 0 radical (unpaired) electrons. The van der Waals surface area contributed by atoms with Gasteiger partial charge < -0.3 is 14.6 Å². The van der Waals surface area contributed by atoms with Gasteiger partial charge >= 0.3 is 0 Å². The second-order valence-electron chi connectivity index (χ2n) is 4.39. The highest BCUT2D eigenvalue weighted by molar-refractivity contribution is 5.97. The number of nitrogens with one attached hydrogen (secondary N) is 1. The standard InChI is InChI=1S/C15H21NO4/c1-4-6-12-13(20-9-14(16)19-5-2)8-7-11(10(3)17)15(12)18/h7-8,16,18H,4-6,9H2,1-3H3. The largest absolute Gasteiger partial charge is 0.507 e. The smallest absolute Gasteiger partial charge is 0.219 e. The molecule has 0 spiro atoms. The summed E-state index contributed by atoms with van der Waals surface area (Å²) < 4.78 is 10.5. The maximum absolute atomic E-state index is 11.4. The van der Waals surface area contributed by atoms with Crippen LogP contribution in [0.15, 0.2) is 12.1 Å². The van der Waals surface area contributed by atoms with E-state index in [0.717, 1.165) is 6.42 Å². The molecule has 0 atom stereocenters. The van der Waals surface area contributed by atoms with Crippen LogP contribution in [0, 0.1) is 5.41 Å². The Labute approximate surface area is 119 Å². The number of carbonyl (C=O) groups is 1. The van der Waals surface area contributed by atoms with E-state index >= 15 is 0 Å². The molecule has 0 saturated carbocycles. The van der Waals surface area contributed by atoms with Crippen LogP contribution >= 0.6 is 0 Å². The summed E-state index contributed by atoms with van der Waals surface area (Å²) in [5.41, 5.74) is 0.894. The Morgan fingerprint density at radius 3 is 2.60 bits per heavy atom. The predicted octanol–water partition coefficient (Wildman–Crippen LogP) is 2.94. The van der Waals surface area contributed by atoms with Crippen molar-refractivity contribution in [2.75, 3.05) is 13.2 Å². The molecule has 0 aliphatic heterocycles. The Morgan fingerprint density at radius 2 is 2.05 bits per heavy atom. The fraction of sp³-hybridized carbons (Fsp3) is 0.467. The van der Waals surface area contributed by atoms with E-state index in [1.807, 2.05) is 6.92 Å². The van der Waals surface area contributed by atoms with Crippen molar-refractivity contribution >= 4 is 11.7 Å². The number of ketones is 1. The number of phenols is 1. The second kappa shape index (κ2) is 7.53. The zero-order valence-corrected chi connectivity index (χ0v) is 12.2. The first kappa shape index (κ1) is 16.0. The van der Waals surface area contributed by atoms with E-state index in [4.69, 9.17) is 14.9 Å². The molecule has 1 rings (SSSR count). The van der Waals surface area contributed by atoms with Gasteiger partial charge in [0.1, 0.15) is 11.5 Å². The van der Waals surface area contributed by atoms with Crippen LogP contribution in [0.2, 0.25) is 0 Å². The molecule has 0 fully saturated rings. The Kier molecular flexibility index (Phi) is 6.03. The summed E-state index contributed by atoms with van der Waals surface area (Å²) in [7, 11) is 0. The average molecular weight is 279 g/mol. The molecule has 0 unspecified atom stereocenters. The van der Waals surface area contributed by atoms with E-state index in [9.17, 15) is 9.90 Å². The fourth-order valence-electron chi connectivity index (χ4n) is 1.89. The van der Waals surface area contributed by atoms with E-state index < -0.39 is 0 Å². The molecular formula is C15H21NO4. The van der Waals surface area contributed by atoms with Crippen LogP contribution in [0.3, 0.4) is 0 Å². The molecule has 1 aromatic carbocycles. The third-order valence-corrected chi connectivity index (χ3v) is 2.80. The number of aromatic hydroxyl groups is 1. The van der Waals surface area contributed by atoms with Crippen LogP contribution in [0.1, 0.15) is 43.1 Å². The molecule has 0 heterocycles. The summed E-state index contributed by atoms with van der Waals surface area (Å²) in [5, 5.41) is 17.7. The minimum absolute atomic E-state index is 0.00339. The van der Waals surface area contributed by atoms with Gasteiger partial charge in [0.25, 0.3) is 0 Å². The summed E-state index contributed by atoms with van der Waals surface area (Å²) in [6, 6.07) is 3.19. The Balaban J connectivity index is 2.98. The number of ether oxygens (including phenoxy) is 2. The number of Topliss-reactive ketones (excluding diaryl/α,β-unsaturated/α-hetero) is 1. The van der Waals surface area contributed by atoms with Gasteiger partial charge in [0.2, 0.25) is 5.90 Å². The number of rotatable bonds is 7. The molecule has 0 aliphatic carbocycles. The van der Waals surface area contributed by atoms with E-state index in [0.29, 0.717) is 29.9 Å². The van der Waals surface area contributed by atoms with Crippen LogP contribution < -0.4 is 4.74 Å². The van der Waals surface area contributed by atoms with Gasteiger partial charge in [-0.2, -0.15) is 0 Å². The molecule has 20 heavy (non-hydrogen) atoms. The van der Waals surface area contributed by atoms with Gasteiger partial charge in [-0.15, -0.1) is 0 Å². The lowest BCUT2D eigenvalue weighted by Crippen LogP contribution is -2.14. The van der Waals surface area contributed by atoms with Crippen molar-refractivity contribution < 1.29 is 19.4 Å². The first-order chi connectivity index (χ1) is 9.51. The van der Waals surface area contributed by atoms with Gasteiger partial charge in [-0.05, 0) is 32.4 Å². The van der Waals surface area contributed by atoms with Crippen LogP contribution in [0.5, 0.6) is 11.5 Å². The van der Waals surface area contributed by atoms with Crippen molar-refractivity contribution in [2.45, 2.75) is 33.6 Å². The molecule has 110 valence electrons. The average Bonchev–Trinajstić information content (AvgIpc) is 2.39. The molecule has 2 N–H and O–H groups in total. The number of phenolic OH excluding ortho intramolecular Hbond substituents is 1. The maximum atomic E-state index is 11.4. The molecule has 5 nitrogen and oxygen atoms in total. The first-order valence-electron chi connectivity index (χ1n) is 6.70. The third-order valence-electron chi connectivity index (χ3n) is 2.80. The molecular weight excluding hydrogens is 258 g/mol. The topological polar surface area (TPSA) is 79.6 Å². The predicted molar refractivity (Wildman–Crippen MR) is 77.0 cm³/mol. The minimum atomic E-state index is -0.187. The molecule has 0 aliphatic rings. The quantitative estimate of drug-likeness (QED) is 0.457. The summed E-state index contributed by atoms with van der Waals surface area (Å²) in [6.07, 6.45) is 1.42. The number of carbonyl (C=O) groups excluding carboxylic acids is 1. The normalized spacial score (nSPS) is 10.2. The van der Waals surface area contributed by atoms with Crippen molar-refractivity contribution in [3.05, 3.63) is 23.3 Å². The number of benzene rings is 1. The van der Waals surface area contributed by atoms with E-state index in [-0.39, 0.29) is 24.0 Å². The number of hydrogen-bond donors (Lipinski definition) is 2. The highest BCUT2D eigenvalue weighted by Gasteiger charge is 2.16. The minimum Gasteiger partial charge on any atom is -0.507 e. The molecule has 0 saturated heterocycles. The van der Waals surface area contributed by atoms with Gasteiger partial charge in [0.15, 0.2) is 12.4 Å². The molecule has 0 amide bonds. The highest BCUT2D eigenvalue weighted by atomic mass is 16.5. The van der Waals surface area contributed by atoms with Crippen LogP contribution in [-0.4, -0.2) is 30.0 Å². The highest BCUT2D eigenvalue weighted by Crippen LogP contribution is 2.32. The first-order valence-corrected chi connectivity index (χ1v) is 6.70. The van der Waals surface area contributed by atoms with E-state index in [1.54, 1.807) is 13.0 Å².